The van der Waals surface area contributed by atoms with Crippen molar-refractivity contribution in [3.8, 4) is 5.75 Å². The number of nitrogens with one attached hydrogen (secondary N) is 1. The largest absolute Gasteiger partial charge is 0.508 e. The average molecular weight is 274 g/mol. The number of phenols is 1. The van der Waals surface area contributed by atoms with Gasteiger partial charge in [-0.3, -0.25) is 4.79 Å². The first kappa shape index (κ1) is 19.2. The summed E-state index contributed by atoms with van der Waals surface area (Å²) < 4.78 is 0. The van der Waals surface area contributed by atoms with Crippen molar-refractivity contribution in [1.82, 2.24) is 5.32 Å². The van der Waals surface area contributed by atoms with Gasteiger partial charge in [-0.2, -0.15) is 0 Å². The molecule has 1 amide bonds. The third-order valence-corrected chi connectivity index (χ3v) is 2.19. The smallest absolute Gasteiger partial charge is 0.326 e. The molecule has 0 saturated heterocycles. The van der Waals surface area contributed by atoms with Gasteiger partial charge in [0, 0.05) is 6.42 Å². The van der Waals surface area contributed by atoms with Crippen LogP contribution < -0.4 is 11.1 Å². The standard InChI is InChI=1S/C11H14N2O4.2H2O/c12-6-10(15)13-9(11(16)17)5-7-1-3-8(14)4-2-7;;/h1-4,9,14H,5-6,12H2,(H,13,15)(H,16,17);2*1H2. The number of nitrogens with two attached hydrogens (primary N) is 1. The fourth-order valence-corrected chi connectivity index (χ4v) is 1.32. The van der Waals surface area contributed by atoms with Crippen LogP contribution in [-0.4, -0.2) is 45.6 Å². The molecule has 108 valence electrons. The van der Waals surface area contributed by atoms with E-state index < -0.39 is 17.9 Å². The zero-order chi connectivity index (χ0) is 12.8. The normalized spacial score (nSPS) is 10.6. The maximum Gasteiger partial charge on any atom is 0.326 e. The summed E-state index contributed by atoms with van der Waals surface area (Å²) in [7, 11) is 0. The summed E-state index contributed by atoms with van der Waals surface area (Å²) in [5, 5.41) is 20.3. The van der Waals surface area contributed by atoms with Crippen LogP contribution in [0.25, 0.3) is 0 Å². The SMILES string of the molecule is NCC(=O)NC(Cc1ccc(O)cc1)C(=O)O.O.O. The Balaban J connectivity index is 0. The van der Waals surface area contributed by atoms with Gasteiger partial charge < -0.3 is 32.2 Å². The molecule has 1 atom stereocenters. The molecule has 0 fully saturated rings. The number of carboxylic acids is 1. The highest BCUT2D eigenvalue weighted by Crippen LogP contribution is 2.11. The number of amides is 1. The predicted molar refractivity (Wildman–Crippen MR) is 67.7 cm³/mol. The second-order valence-electron chi connectivity index (χ2n) is 3.53. The predicted octanol–water partition coefficient (Wildman–Crippen LogP) is -2.19. The Bertz CT molecular complexity index is 406. The first-order valence-electron chi connectivity index (χ1n) is 5.03. The molecule has 0 radical (unpaired) electrons. The van der Waals surface area contributed by atoms with E-state index in [-0.39, 0.29) is 29.7 Å². The van der Waals surface area contributed by atoms with Gasteiger partial charge in [-0.15, -0.1) is 0 Å². The fraction of sp³-hybridized carbons (Fsp3) is 0.273. The molecule has 1 unspecified atom stereocenters. The molecule has 8 heteroatoms. The first-order chi connectivity index (χ1) is 8.02. The molecule has 1 rings (SSSR count). The molecule has 1 aromatic rings. The Hall–Kier alpha value is -2.16. The van der Waals surface area contributed by atoms with Crippen molar-refractivity contribution in [3.63, 3.8) is 0 Å². The van der Waals surface area contributed by atoms with Crippen molar-refractivity contribution in [1.29, 1.82) is 0 Å². The Morgan fingerprint density at radius 1 is 1.21 bits per heavy atom. The van der Waals surface area contributed by atoms with Gasteiger partial charge >= 0.3 is 5.97 Å². The maximum atomic E-state index is 11.0. The second-order valence-corrected chi connectivity index (χ2v) is 3.53. The van der Waals surface area contributed by atoms with Crippen LogP contribution in [0.2, 0.25) is 0 Å². The number of aromatic hydroxyl groups is 1. The third kappa shape index (κ3) is 6.36. The molecule has 0 bridgehead atoms. The highest BCUT2D eigenvalue weighted by atomic mass is 16.4. The second kappa shape index (κ2) is 8.86. The van der Waals surface area contributed by atoms with Crippen molar-refractivity contribution in [3.05, 3.63) is 29.8 Å². The minimum Gasteiger partial charge on any atom is -0.508 e. The quantitative estimate of drug-likeness (QED) is 0.476. The Morgan fingerprint density at radius 3 is 2.16 bits per heavy atom. The molecule has 19 heavy (non-hydrogen) atoms. The third-order valence-electron chi connectivity index (χ3n) is 2.19. The summed E-state index contributed by atoms with van der Waals surface area (Å²) in [4.78, 5) is 21.9. The number of hydrogen-bond acceptors (Lipinski definition) is 4. The van der Waals surface area contributed by atoms with Gasteiger partial charge in [0.05, 0.1) is 6.54 Å². The summed E-state index contributed by atoms with van der Waals surface area (Å²) in [6, 6.07) is 5.09. The molecular formula is C11H18N2O6. The molecule has 0 aliphatic carbocycles. The Kier molecular flexibility index (Phi) is 8.95. The monoisotopic (exact) mass is 274 g/mol. The van der Waals surface area contributed by atoms with E-state index in [2.05, 4.69) is 5.32 Å². The summed E-state index contributed by atoms with van der Waals surface area (Å²) in [5.74, 6) is -1.54. The van der Waals surface area contributed by atoms with Crippen LogP contribution in [0.15, 0.2) is 24.3 Å². The van der Waals surface area contributed by atoms with Gasteiger partial charge in [-0.05, 0) is 17.7 Å². The Labute approximate surface area is 109 Å². The lowest BCUT2D eigenvalue weighted by Gasteiger charge is -2.13. The highest BCUT2D eigenvalue weighted by molar-refractivity contribution is 5.84. The van der Waals surface area contributed by atoms with E-state index >= 15 is 0 Å². The van der Waals surface area contributed by atoms with E-state index in [0.29, 0.717) is 5.56 Å². The molecule has 8 nitrogen and oxygen atoms in total. The van der Waals surface area contributed by atoms with Crippen molar-refractivity contribution in [2.24, 2.45) is 5.73 Å². The van der Waals surface area contributed by atoms with Crippen LogP contribution in [0.3, 0.4) is 0 Å². The average Bonchev–Trinajstić information content (AvgIpc) is 2.30. The lowest BCUT2D eigenvalue weighted by atomic mass is 10.1. The molecule has 0 spiro atoms. The summed E-state index contributed by atoms with van der Waals surface area (Å²) in [6.07, 6.45) is 0.140. The minimum absolute atomic E-state index is 0. The van der Waals surface area contributed by atoms with Gasteiger partial charge in [0.15, 0.2) is 0 Å². The van der Waals surface area contributed by atoms with Crippen molar-refractivity contribution < 1.29 is 30.8 Å². The number of carboxylic acid groups (broad SMARTS) is 1. The van der Waals surface area contributed by atoms with E-state index in [1.54, 1.807) is 12.1 Å². The van der Waals surface area contributed by atoms with Crippen molar-refractivity contribution >= 4 is 11.9 Å². The molecule has 9 N–H and O–H groups in total. The first-order valence-corrected chi connectivity index (χ1v) is 5.03. The number of benzene rings is 1. The summed E-state index contributed by atoms with van der Waals surface area (Å²) >= 11 is 0. The van der Waals surface area contributed by atoms with Crippen molar-refractivity contribution in [2.45, 2.75) is 12.5 Å². The zero-order valence-electron chi connectivity index (χ0n) is 10.1. The summed E-state index contributed by atoms with van der Waals surface area (Å²) in [5.41, 5.74) is 5.80. The zero-order valence-corrected chi connectivity index (χ0v) is 10.1. The topological polar surface area (TPSA) is 176 Å². The van der Waals surface area contributed by atoms with Crippen LogP contribution in [0, 0.1) is 0 Å². The van der Waals surface area contributed by atoms with Crippen LogP contribution >= 0.6 is 0 Å². The van der Waals surface area contributed by atoms with E-state index in [0.717, 1.165) is 0 Å². The van der Waals surface area contributed by atoms with E-state index in [9.17, 15) is 9.59 Å². The maximum absolute atomic E-state index is 11.0. The number of phenolic OH excluding ortho intramolecular Hbond substituents is 1. The molecular weight excluding hydrogens is 256 g/mol. The number of rotatable bonds is 5. The fourth-order valence-electron chi connectivity index (χ4n) is 1.32. The van der Waals surface area contributed by atoms with Gasteiger partial charge in [0.1, 0.15) is 11.8 Å². The lowest BCUT2D eigenvalue weighted by molar-refractivity contribution is -0.141. The van der Waals surface area contributed by atoms with Crippen LogP contribution in [-0.2, 0) is 16.0 Å². The van der Waals surface area contributed by atoms with Crippen LogP contribution in [0.1, 0.15) is 5.56 Å². The van der Waals surface area contributed by atoms with Gasteiger partial charge in [-0.1, -0.05) is 12.1 Å². The lowest BCUT2D eigenvalue weighted by Crippen LogP contribution is -2.44. The number of carbonyl (C=O) groups is 2. The molecule has 0 aliphatic rings. The highest BCUT2D eigenvalue weighted by Gasteiger charge is 2.19. The number of hydrogen-bond donors (Lipinski definition) is 4. The van der Waals surface area contributed by atoms with E-state index in [1.165, 1.54) is 12.1 Å². The van der Waals surface area contributed by atoms with Crippen LogP contribution in [0.5, 0.6) is 5.75 Å². The Morgan fingerprint density at radius 2 is 1.74 bits per heavy atom. The molecule has 0 aliphatic heterocycles. The summed E-state index contributed by atoms with van der Waals surface area (Å²) in [6.45, 7) is -0.251. The molecule has 1 aromatic carbocycles. The number of carbonyl (C=O) groups excluding carboxylic acids is 1. The van der Waals surface area contributed by atoms with Crippen LogP contribution in [0.4, 0.5) is 0 Å². The van der Waals surface area contributed by atoms with Gasteiger partial charge in [-0.25, -0.2) is 4.79 Å². The van der Waals surface area contributed by atoms with Gasteiger partial charge in [0.2, 0.25) is 5.91 Å². The van der Waals surface area contributed by atoms with E-state index in [1.807, 2.05) is 0 Å². The minimum atomic E-state index is -1.13. The number of aliphatic carboxylic acids is 1. The molecule has 0 heterocycles. The van der Waals surface area contributed by atoms with E-state index in [4.69, 9.17) is 15.9 Å². The molecule has 0 aromatic heterocycles. The van der Waals surface area contributed by atoms with Gasteiger partial charge in [0.25, 0.3) is 0 Å². The van der Waals surface area contributed by atoms with Crippen molar-refractivity contribution in [2.75, 3.05) is 6.54 Å². The molecule has 0 saturated carbocycles.